The Morgan fingerprint density at radius 1 is 1.31 bits per heavy atom. The Morgan fingerprint density at radius 2 is 2.08 bits per heavy atom. The highest BCUT2D eigenvalue weighted by atomic mass is 35.5. The van der Waals surface area contributed by atoms with Crippen LogP contribution in [0.25, 0.3) is 11.3 Å². The predicted octanol–water partition coefficient (Wildman–Crippen LogP) is 3.59. The Balaban J connectivity index is 1.79. The first-order valence-corrected chi connectivity index (χ1v) is 13.2. The van der Waals surface area contributed by atoms with Gasteiger partial charge in [0.25, 0.3) is 5.91 Å². The number of aromatic nitrogens is 3. The SMILES string of the molecule is CCC(CO)Nc1ncc(C)c(-c2c[nH]c(C(=O)N[C@H](CCOP(=O)(O)O)c3cccc(Cl)c3)c2)n1. The van der Waals surface area contributed by atoms with Crippen molar-refractivity contribution in [3.05, 3.63) is 64.6 Å². The zero-order chi connectivity index (χ0) is 26.3. The van der Waals surface area contributed by atoms with Crippen LogP contribution < -0.4 is 10.6 Å². The first-order chi connectivity index (χ1) is 17.1. The molecule has 0 aliphatic heterocycles. The van der Waals surface area contributed by atoms with Crippen LogP contribution in [-0.4, -0.2) is 55.0 Å². The molecule has 2 aromatic heterocycles. The van der Waals surface area contributed by atoms with Crippen molar-refractivity contribution in [2.75, 3.05) is 18.5 Å². The number of amides is 1. The molecule has 11 nitrogen and oxygen atoms in total. The molecule has 0 radical (unpaired) electrons. The molecule has 3 aromatic rings. The second-order valence-electron chi connectivity index (χ2n) is 8.15. The van der Waals surface area contributed by atoms with Crippen LogP contribution in [0.5, 0.6) is 0 Å². The highest BCUT2D eigenvalue weighted by Gasteiger charge is 2.21. The summed E-state index contributed by atoms with van der Waals surface area (Å²) in [7, 11) is -4.64. The number of halogens is 1. The van der Waals surface area contributed by atoms with E-state index in [1.54, 1.807) is 42.7 Å². The van der Waals surface area contributed by atoms with E-state index in [0.29, 0.717) is 34.2 Å². The first-order valence-electron chi connectivity index (χ1n) is 11.3. The third-order valence-electron chi connectivity index (χ3n) is 5.44. The summed E-state index contributed by atoms with van der Waals surface area (Å²) in [4.78, 5) is 42.8. The zero-order valence-electron chi connectivity index (χ0n) is 19.8. The lowest BCUT2D eigenvalue weighted by Gasteiger charge is -2.19. The number of H-pyrrole nitrogens is 1. The van der Waals surface area contributed by atoms with Gasteiger partial charge in [0.1, 0.15) is 5.69 Å². The van der Waals surface area contributed by atoms with Gasteiger partial charge in [-0.15, -0.1) is 0 Å². The first kappa shape index (κ1) is 27.8. The van der Waals surface area contributed by atoms with Gasteiger partial charge in [0, 0.05) is 23.0 Å². The van der Waals surface area contributed by atoms with Crippen LogP contribution in [0, 0.1) is 6.92 Å². The van der Waals surface area contributed by atoms with E-state index in [9.17, 15) is 14.5 Å². The standard InChI is InChI=1S/C23H29ClN5O6P/c1-3-18(13-30)27-23-26-11-14(2)21(29-23)16-10-20(25-12-16)22(31)28-19(7-8-35-36(32,33)34)15-5-4-6-17(24)9-15/h4-6,9-12,18-19,25,30H,3,7-8,13H2,1-2H3,(H,28,31)(H,26,27,29)(H2,32,33,34)/t18?,19-/m1/s1. The van der Waals surface area contributed by atoms with E-state index in [4.69, 9.17) is 21.4 Å². The second-order valence-corrected chi connectivity index (χ2v) is 9.83. The van der Waals surface area contributed by atoms with Gasteiger partial charge in [-0.1, -0.05) is 30.7 Å². The van der Waals surface area contributed by atoms with Crippen molar-refractivity contribution < 1.29 is 28.8 Å². The minimum atomic E-state index is -4.64. The highest BCUT2D eigenvalue weighted by Crippen LogP contribution is 2.36. The summed E-state index contributed by atoms with van der Waals surface area (Å²) in [6.07, 6.45) is 4.12. The maximum atomic E-state index is 13.1. The number of benzene rings is 1. The number of phosphoric acid groups is 1. The molecule has 0 aliphatic carbocycles. The average Bonchev–Trinajstić information content (AvgIpc) is 3.32. The van der Waals surface area contributed by atoms with Gasteiger partial charge in [0.2, 0.25) is 5.95 Å². The Labute approximate surface area is 213 Å². The number of aromatic amines is 1. The minimum absolute atomic E-state index is 0.0511. The van der Waals surface area contributed by atoms with Crippen molar-refractivity contribution in [1.82, 2.24) is 20.3 Å². The molecule has 1 unspecified atom stereocenters. The maximum Gasteiger partial charge on any atom is 0.469 e. The number of aryl methyl sites for hydroxylation is 1. The predicted molar refractivity (Wildman–Crippen MR) is 136 cm³/mol. The fourth-order valence-electron chi connectivity index (χ4n) is 3.50. The van der Waals surface area contributed by atoms with Crippen LogP contribution >= 0.6 is 19.4 Å². The number of rotatable bonds is 12. The Morgan fingerprint density at radius 3 is 2.75 bits per heavy atom. The monoisotopic (exact) mass is 537 g/mol. The normalized spacial score (nSPS) is 13.3. The van der Waals surface area contributed by atoms with Gasteiger partial charge >= 0.3 is 7.82 Å². The highest BCUT2D eigenvalue weighted by molar-refractivity contribution is 7.46. The van der Waals surface area contributed by atoms with E-state index >= 15 is 0 Å². The maximum absolute atomic E-state index is 13.1. The third kappa shape index (κ3) is 7.86. The van der Waals surface area contributed by atoms with Crippen molar-refractivity contribution in [2.45, 2.75) is 38.8 Å². The summed E-state index contributed by atoms with van der Waals surface area (Å²) in [6.45, 7) is 3.46. The molecule has 0 saturated carbocycles. The fourth-order valence-corrected chi connectivity index (χ4v) is 4.04. The molecule has 3 rings (SSSR count). The van der Waals surface area contributed by atoms with Crippen LogP contribution in [0.15, 0.2) is 42.7 Å². The van der Waals surface area contributed by atoms with Crippen molar-refractivity contribution in [3.8, 4) is 11.3 Å². The number of nitrogens with zero attached hydrogens (tertiary/aromatic N) is 2. The molecule has 1 amide bonds. The molecule has 2 heterocycles. The zero-order valence-corrected chi connectivity index (χ0v) is 21.5. The molecule has 1 aromatic carbocycles. The fraction of sp³-hybridized carbons (Fsp3) is 0.348. The number of carbonyl (C=O) groups is 1. The Hall–Kier alpha value is -2.79. The molecule has 0 fully saturated rings. The number of aliphatic hydroxyl groups excluding tert-OH is 1. The molecule has 36 heavy (non-hydrogen) atoms. The van der Waals surface area contributed by atoms with E-state index in [0.717, 1.165) is 5.56 Å². The van der Waals surface area contributed by atoms with Gasteiger partial charge in [-0.05, 0) is 49.1 Å². The minimum Gasteiger partial charge on any atom is -0.394 e. The third-order valence-corrected chi connectivity index (χ3v) is 6.20. The lowest BCUT2D eigenvalue weighted by atomic mass is 10.0. The van der Waals surface area contributed by atoms with Gasteiger partial charge in [-0.2, -0.15) is 0 Å². The molecule has 6 N–H and O–H groups in total. The molecule has 2 atom stereocenters. The second kappa shape index (κ2) is 12.4. The summed E-state index contributed by atoms with van der Waals surface area (Å²) in [5.41, 5.74) is 3.02. The van der Waals surface area contributed by atoms with Gasteiger partial charge in [-0.3, -0.25) is 9.32 Å². The summed E-state index contributed by atoms with van der Waals surface area (Å²) in [5.74, 6) is -0.0615. The smallest absolute Gasteiger partial charge is 0.394 e. The summed E-state index contributed by atoms with van der Waals surface area (Å²) < 4.78 is 15.6. The van der Waals surface area contributed by atoms with E-state index in [1.807, 2.05) is 13.8 Å². The van der Waals surface area contributed by atoms with E-state index in [1.165, 1.54) is 0 Å². The quantitative estimate of drug-likeness (QED) is 0.189. The lowest BCUT2D eigenvalue weighted by molar-refractivity contribution is 0.0925. The summed E-state index contributed by atoms with van der Waals surface area (Å²) in [6, 6.07) is 7.68. The van der Waals surface area contributed by atoms with E-state index < -0.39 is 19.8 Å². The molecular weight excluding hydrogens is 509 g/mol. The molecule has 13 heteroatoms. The largest absolute Gasteiger partial charge is 0.469 e. The molecule has 194 valence electrons. The number of aliphatic hydroxyl groups is 1. The lowest BCUT2D eigenvalue weighted by Crippen LogP contribution is -2.29. The molecular formula is C23H29ClN5O6P. The van der Waals surface area contributed by atoms with Crippen LogP contribution in [0.1, 0.15) is 47.4 Å². The summed E-state index contributed by atoms with van der Waals surface area (Å²) in [5, 5.41) is 15.8. The Bertz CT molecular complexity index is 1230. The van der Waals surface area contributed by atoms with Gasteiger partial charge in [0.15, 0.2) is 0 Å². The van der Waals surface area contributed by atoms with Gasteiger partial charge in [-0.25, -0.2) is 14.5 Å². The van der Waals surface area contributed by atoms with Crippen LogP contribution in [0.2, 0.25) is 5.02 Å². The van der Waals surface area contributed by atoms with Crippen LogP contribution in [0.4, 0.5) is 5.95 Å². The number of anilines is 1. The van der Waals surface area contributed by atoms with Gasteiger partial charge in [0.05, 0.1) is 31.0 Å². The van der Waals surface area contributed by atoms with Crippen LogP contribution in [0.3, 0.4) is 0 Å². The van der Waals surface area contributed by atoms with Crippen molar-refractivity contribution in [3.63, 3.8) is 0 Å². The molecule has 0 spiro atoms. The number of phosphoric ester groups is 1. The van der Waals surface area contributed by atoms with E-state index in [-0.39, 0.29) is 31.4 Å². The molecule has 0 saturated heterocycles. The van der Waals surface area contributed by atoms with Crippen molar-refractivity contribution >= 4 is 31.3 Å². The molecule has 0 aliphatic rings. The number of hydrogen-bond donors (Lipinski definition) is 6. The number of hydrogen-bond acceptors (Lipinski definition) is 7. The topological polar surface area (TPSA) is 170 Å². The average molecular weight is 538 g/mol. The summed E-state index contributed by atoms with van der Waals surface area (Å²) >= 11 is 6.09. The van der Waals surface area contributed by atoms with Gasteiger partial charge < -0.3 is 30.5 Å². The molecule has 0 bridgehead atoms. The number of carbonyl (C=O) groups excluding carboxylic acids is 1. The van der Waals surface area contributed by atoms with E-state index in [2.05, 4.69) is 30.1 Å². The van der Waals surface area contributed by atoms with Crippen LogP contribution in [-0.2, 0) is 9.09 Å². The van der Waals surface area contributed by atoms with Crippen molar-refractivity contribution in [2.24, 2.45) is 0 Å². The number of nitrogens with one attached hydrogen (secondary N) is 3. The van der Waals surface area contributed by atoms with Crippen molar-refractivity contribution in [1.29, 1.82) is 0 Å². The Kier molecular flexibility index (Phi) is 9.61.